The molecule has 6 nitrogen and oxygen atoms in total. The van der Waals surface area contributed by atoms with Crippen LogP contribution in [0.1, 0.15) is 36.5 Å². The number of anilines is 1. The molecule has 1 aliphatic carbocycles. The van der Waals surface area contributed by atoms with Gasteiger partial charge < -0.3 is 15.0 Å². The van der Waals surface area contributed by atoms with E-state index in [9.17, 15) is 14.4 Å². The van der Waals surface area contributed by atoms with Crippen molar-refractivity contribution in [3.05, 3.63) is 29.8 Å². The second-order valence-corrected chi connectivity index (χ2v) is 7.04. The second-order valence-electron chi connectivity index (χ2n) is 7.04. The molecule has 0 aromatic heterocycles. The lowest BCUT2D eigenvalue weighted by atomic mass is 10.00. The summed E-state index contributed by atoms with van der Waals surface area (Å²) in [6.07, 6.45) is 2.80. The molecule has 25 heavy (non-hydrogen) atoms. The van der Waals surface area contributed by atoms with Gasteiger partial charge in [0.2, 0.25) is 11.8 Å². The molecule has 2 aliphatic rings. The Labute approximate surface area is 147 Å². The van der Waals surface area contributed by atoms with E-state index in [1.54, 1.807) is 24.3 Å². The zero-order valence-electron chi connectivity index (χ0n) is 14.7. The van der Waals surface area contributed by atoms with E-state index in [1.165, 1.54) is 7.11 Å². The van der Waals surface area contributed by atoms with Gasteiger partial charge in [0.15, 0.2) is 0 Å². The molecule has 2 amide bonds. The van der Waals surface area contributed by atoms with E-state index in [-0.39, 0.29) is 23.7 Å². The van der Waals surface area contributed by atoms with Crippen LogP contribution in [-0.2, 0) is 14.3 Å². The average molecular weight is 344 g/mol. The van der Waals surface area contributed by atoms with E-state index in [4.69, 9.17) is 0 Å². The summed E-state index contributed by atoms with van der Waals surface area (Å²) < 4.78 is 4.68. The molecule has 1 N–H and O–H groups in total. The fourth-order valence-electron chi connectivity index (χ4n) is 3.46. The molecule has 0 spiro atoms. The summed E-state index contributed by atoms with van der Waals surface area (Å²) in [5.74, 6) is -0.444. The van der Waals surface area contributed by atoms with Crippen LogP contribution in [0, 0.1) is 17.8 Å². The molecule has 2 fully saturated rings. The summed E-state index contributed by atoms with van der Waals surface area (Å²) in [5, 5.41) is 2.80. The molecular weight excluding hydrogens is 320 g/mol. The van der Waals surface area contributed by atoms with Crippen LogP contribution in [0.3, 0.4) is 0 Å². The van der Waals surface area contributed by atoms with Gasteiger partial charge in [-0.2, -0.15) is 0 Å². The number of likely N-dealkylation sites (tertiary alicyclic amines) is 1. The number of ether oxygens (including phenoxy) is 1. The zero-order chi connectivity index (χ0) is 18.0. The number of methoxy groups -OCH3 is 1. The van der Waals surface area contributed by atoms with Crippen molar-refractivity contribution in [2.45, 2.75) is 26.2 Å². The smallest absolute Gasteiger partial charge is 0.337 e. The third-order valence-corrected chi connectivity index (χ3v) is 4.96. The average Bonchev–Trinajstić information content (AvgIpc) is 3.41. The Bertz CT molecular complexity index is 688. The predicted molar refractivity (Wildman–Crippen MR) is 93.0 cm³/mol. The number of hydrogen-bond donors (Lipinski definition) is 1. The lowest BCUT2D eigenvalue weighted by Crippen LogP contribution is -2.40. The molecule has 3 atom stereocenters. The number of piperidine rings is 1. The van der Waals surface area contributed by atoms with E-state index in [2.05, 4.69) is 17.0 Å². The number of carbonyl (C=O) groups excluding carboxylic acids is 3. The number of benzene rings is 1. The summed E-state index contributed by atoms with van der Waals surface area (Å²) in [6.45, 7) is 3.75. The highest BCUT2D eigenvalue weighted by atomic mass is 16.5. The Balaban J connectivity index is 1.57. The van der Waals surface area contributed by atoms with Crippen molar-refractivity contribution < 1.29 is 19.1 Å². The molecule has 0 bridgehead atoms. The number of carbonyl (C=O) groups is 3. The largest absolute Gasteiger partial charge is 0.465 e. The quantitative estimate of drug-likeness (QED) is 0.851. The van der Waals surface area contributed by atoms with Gasteiger partial charge in [-0.3, -0.25) is 9.59 Å². The van der Waals surface area contributed by atoms with Crippen molar-refractivity contribution in [1.29, 1.82) is 0 Å². The van der Waals surface area contributed by atoms with Gasteiger partial charge in [0.1, 0.15) is 0 Å². The molecule has 3 unspecified atom stereocenters. The Morgan fingerprint density at radius 3 is 2.76 bits per heavy atom. The third kappa shape index (κ3) is 4.00. The lowest BCUT2D eigenvalue weighted by Gasteiger charge is -2.31. The van der Waals surface area contributed by atoms with Crippen molar-refractivity contribution in [1.82, 2.24) is 4.90 Å². The first-order valence-corrected chi connectivity index (χ1v) is 8.77. The molecule has 1 aliphatic heterocycles. The normalized spacial score (nSPS) is 25.2. The fourth-order valence-corrected chi connectivity index (χ4v) is 3.46. The number of amides is 2. The molecule has 1 saturated heterocycles. The minimum Gasteiger partial charge on any atom is -0.465 e. The Hall–Kier alpha value is -2.37. The summed E-state index contributed by atoms with van der Waals surface area (Å²) in [7, 11) is 1.31. The molecular formula is C19H24N2O4. The predicted octanol–water partition coefficient (Wildman–Crippen LogP) is 2.31. The topological polar surface area (TPSA) is 75.7 Å². The second kappa shape index (κ2) is 7.25. The highest BCUT2D eigenvalue weighted by Crippen LogP contribution is 2.41. The molecule has 134 valence electrons. The molecule has 1 heterocycles. The van der Waals surface area contributed by atoms with Gasteiger partial charge in [-0.25, -0.2) is 4.79 Å². The van der Waals surface area contributed by atoms with Crippen LogP contribution < -0.4 is 5.32 Å². The summed E-state index contributed by atoms with van der Waals surface area (Å²) in [4.78, 5) is 38.4. The molecule has 3 rings (SSSR count). The first kappa shape index (κ1) is 17.5. The standard InChI is InChI=1S/C19H24N2O4/c1-12-5-4-8-21(11-12)18(23)16-10-15(16)17(22)20-14-7-3-6-13(9-14)19(24)25-2/h3,6-7,9,12,15-16H,4-5,8,10-11H2,1-2H3,(H,20,22). The minimum absolute atomic E-state index is 0.106. The van der Waals surface area contributed by atoms with E-state index >= 15 is 0 Å². The summed E-state index contributed by atoms with van der Waals surface area (Å²) in [5.41, 5.74) is 0.920. The number of rotatable bonds is 4. The van der Waals surface area contributed by atoms with E-state index in [1.807, 2.05) is 4.90 Å². The molecule has 6 heteroatoms. The Morgan fingerprint density at radius 2 is 2.04 bits per heavy atom. The van der Waals surface area contributed by atoms with Crippen LogP contribution >= 0.6 is 0 Å². The molecule has 1 saturated carbocycles. The number of nitrogens with zero attached hydrogens (tertiary/aromatic N) is 1. The van der Waals surface area contributed by atoms with Crippen molar-refractivity contribution >= 4 is 23.5 Å². The zero-order valence-corrected chi connectivity index (χ0v) is 14.7. The number of hydrogen-bond acceptors (Lipinski definition) is 4. The maximum absolute atomic E-state index is 12.5. The van der Waals surface area contributed by atoms with Crippen LogP contribution in [0.15, 0.2) is 24.3 Å². The third-order valence-electron chi connectivity index (χ3n) is 4.96. The van der Waals surface area contributed by atoms with Crippen molar-refractivity contribution in [2.75, 3.05) is 25.5 Å². The first-order valence-electron chi connectivity index (χ1n) is 8.77. The monoisotopic (exact) mass is 344 g/mol. The van der Waals surface area contributed by atoms with Crippen molar-refractivity contribution in [3.63, 3.8) is 0 Å². The van der Waals surface area contributed by atoms with Gasteiger partial charge in [-0.15, -0.1) is 0 Å². The lowest BCUT2D eigenvalue weighted by molar-refractivity contribution is -0.135. The number of nitrogens with one attached hydrogen (secondary N) is 1. The van der Waals surface area contributed by atoms with Crippen LogP contribution in [0.25, 0.3) is 0 Å². The van der Waals surface area contributed by atoms with E-state index < -0.39 is 5.97 Å². The Kier molecular flexibility index (Phi) is 5.06. The fraction of sp³-hybridized carbons (Fsp3) is 0.526. The first-order chi connectivity index (χ1) is 12.0. The van der Waals surface area contributed by atoms with Gasteiger partial charge in [-0.1, -0.05) is 13.0 Å². The van der Waals surface area contributed by atoms with Gasteiger partial charge in [-0.05, 0) is 43.4 Å². The molecule has 0 radical (unpaired) electrons. The summed E-state index contributed by atoms with van der Waals surface area (Å²) >= 11 is 0. The van der Waals surface area contributed by atoms with E-state index in [0.29, 0.717) is 23.6 Å². The van der Waals surface area contributed by atoms with Crippen LogP contribution in [0.2, 0.25) is 0 Å². The maximum atomic E-state index is 12.5. The van der Waals surface area contributed by atoms with Gasteiger partial charge in [0, 0.05) is 18.8 Å². The van der Waals surface area contributed by atoms with Crippen molar-refractivity contribution in [3.8, 4) is 0 Å². The summed E-state index contributed by atoms with van der Waals surface area (Å²) in [6, 6.07) is 6.61. The maximum Gasteiger partial charge on any atom is 0.337 e. The van der Waals surface area contributed by atoms with Crippen molar-refractivity contribution in [2.24, 2.45) is 17.8 Å². The van der Waals surface area contributed by atoms with Gasteiger partial charge in [0.25, 0.3) is 0 Å². The van der Waals surface area contributed by atoms with Crippen LogP contribution in [-0.4, -0.2) is 42.9 Å². The van der Waals surface area contributed by atoms with Gasteiger partial charge in [0.05, 0.1) is 24.5 Å². The van der Waals surface area contributed by atoms with E-state index in [0.717, 1.165) is 25.9 Å². The highest BCUT2D eigenvalue weighted by Gasteiger charge is 2.49. The number of esters is 1. The highest BCUT2D eigenvalue weighted by molar-refractivity contribution is 6.00. The van der Waals surface area contributed by atoms with Crippen LogP contribution in [0.4, 0.5) is 5.69 Å². The minimum atomic E-state index is -0.449. The molecule has 1 aromatic carbocycles. The molecule has 1 aromatic rings. The Morgan fingerprint density at radius 1 is 1.24 bits per heavy atom. The van der Waals surface area contributed by atoms with Gasteiger partial charge >= 0.3 is 5.97 Å². The SMILES string of the molecule is COC(=O)c1cccc(NC(=O)C2CC2C(=O)N2CCCC(C)C2)c1. The van der Waals surface area contributed by atoms with Crippen LogP contribution in [0.5, 0.6) is 0 Å².